The molecule has 0 heteroatoms. The molecule has 0 N–H and O–H groups in total. The van der Waals surface area contributed by atoms with Crippen molar-refractivity contribution in [3.8, 4) is 0 Å². The second-order valence-corrected chi connectivity index (χ2v) is 4.22. The predicted octanol–water partition coefficient (Wildman–Crippen LogP) is 4.71. The third-order valence-corrected chi connectivity index (χ3v) is 2.93. The molecule has 0 bridgehead atoms. The van der Waals surface area contributed by atoms with E-state index in [1.807, 2.05) is 6.08 Å². The zero-order valence-electron chi connectivity index (χ0n) is 10.00. The highest BCUT2D eigenvalue weighted by Gasteiger charge is 2.00. The molecule has 0 aromatic heterocycles. The second kappa shape index (κ2) is 6.44. The Morgan fingerprint density at radius 1 is 1.20 bits per heavy atom. The van der Waals surface area contributed by atoms with Gasteiger partial charge in [-0.1, -0.05) is 57.0 Å². The molecule has 1 aromatic rings. The minimum atomic E-state index is 0.467. The summed E-state index contributed by atoms with van der Waals surface area (Å²) in [5.74, 6) is 0.467. The van der Waals surface area contributed by atoms with Crippen molar-refractivity contribution in [2.45, 2.75) is 45.4 Å². The first-order valence-corrected chi connectivity index (χ1v) is 5.99. The van der Waals surface area contributed by atoms with Crippen LogP contribution >= 0.6 is 0 Å². The van der Waals surface area contributed by atoms with Crippen molar-refractivity contribution >= 4 is 0 Å². The minimum Gasteiger partial charge on any atom is -0.102 e. The molecular weight excluding hydrogens is 180 g/mol. The molecular formula is C15H22. The van der Waals surface area contributed by atoms with Gasteiger partial charge in [0, 0.05) is 0 Å². The summed E-state index contributed by atoms with van der Waals surface area (Å²) in [6.45, 7) is 8.24. The average Bonchev–Trinajstić information content (AvgIpc) is 2.29. The van der Waals surface area contributed by atoms with Crippen molar-refractivity contribution < 1.29 is 0 Å². The van der Waals surface area contributed by atoms with E-state index < -0.39 is 0 Å². The normalized spacial score (nSPS) is 12.4. The molecule has 0 nitrogen and oxygen atoms in total. The van der Waals surface area contributed by atoms with Gasteiger partial charge in [-0.3, -0.25) is 0 Å². The van der Waals surface area contributed by atoms with E-state index in [1.165, 1.54) is 36.8 Å². The van der Waals surface area contributed by atoms with Crippen LogP contribution in [0.5, 0.6) is 0 Å². The lowest BCUT2D eigenvalue weighted by Gasteiger charge is -2.07. The second-order valence-electron chi connectivity index (χ2n) is 4.22. The topological polar surface area (TPSA) is 0 Å². The minimum absolute atomic E-state index is 0.467. The molecule has 0 spiro atoms. The maximum Gasteiger partial charge on any atom is -0.00131 e. The van der Waals surface area contributed by atoms with Gasteiger partial charge in [0.05, 0.1) is 0 Å². The van der Waals surface area contributed by atoms with E-state index in [0.717, 1.165) is 0 Å². The van der Waals surface area contributed by atoms with Gasteiger partial charge in [0.2, 0.25) is 0 Å². The van der Waals surface area contributed by atoms with E-state index in [0.29, 0.717) is 5.92 Å². The maximum absolute atomic E-state index is 3.82. The first-order valence-electron chi connectivity index (χ1n) is 5.99. The van der Waals surface area contributed by atoms with Gasteiger partial charge in [-0.2, -0.15) is 0 Å². The Labute approximate surface area is 94.0 Å². The Morgan fingerprint density at radius 3 is 2.40 bits per heavy atom. The highest BCUT2D eigenvalue weighted by atomic mass is 14.0. The lowest BCUT2D eigenvalue weighted by atomic mass is 9.98. The molecule has 0 aliphatic heterocycles. The molecule has 0 fully saturated rings. The SMILES string of the molecule is C=CC(C)c1ccc(CCCCC)cc1. The Bertz CT molecular complexity index is 281. The van der Waals surface area contributed by atoms with Crippen LogP contribution < -0.4 is 0 Å². The van der Waals surface area contributed by atoms with Crippen LogP contribution in [0.4, 0.5) is 0 Å². The first kappa shape index (κ1) is 12.0. The van der Waals surface area contributed by atoms with Gasteiger partial charge in [-0.15, -0.1) is 6.58 Å². The Morgan fingerprint density at radius 2 is 1.87 bits per heavy atom. The van der Waals surface area contributed by atoms with Crippen molar-refractivity contribution in [1.82, 2.24) is 0 Å². The molecule has 82 valence electrons. The molecule has 0 aliphatic rings. The van der Waals surface area contributed by atoms with Gasteiger partial charge in [0.25, 0.3) is 0 Å². The fourth-order valence-electron chi connectivity index (χ4n) is 1.70. The van der Waals surface area contributed by atoms with Crippen LogP contribution in [0.2, 0.25) is 0 Å². The van der Waals surface area contributed by atoms with Crippen LogP contribution in [0.3, 0.4) is 0 Å². The molecule has 0 saturated carbocycles. The van der Waals surface area contributed by atoms with Crippen molar-refractivity contribution in [3.05, 3.63) is 48.0 Å². The number of hydrogen-bond donors (Lipinski definition) is 0. The van der Waals surface area contributed by atoms with E-state index in [1.54, 1.807) is 0 Å². The zero-order chi connectivity index (χ0) is 11.1. The van der Waals surface area contributed by atoms with E-state index in [4.69, 9.17) is 0 Å². The van der Waals surface area contributed by atoms with Gasteiger partial charge in [-0.05, 0) is 29.9 Å². The van der Waals surface area contributed by atoms with Crippen LogP contribution in [-0.2, 0) is 6.42 Å². The number of rotatable bonds is 6. The van der Waals surface area contributed by atoms with E-state index in [2.05, 4.69) is 44.7 Å². The maximum atomic E-state index is 3.82. The highest BCUT2D eigenvalue weighted by Crippen LogP contribution is 2.17. The summed E-state index contributed by atoms with van der Waals surface area (Å²) in [7, 11) is 0. The molecule has 0 heterocycles. The molecule has 1 rings (SSSR count). The Hall–Kier alpha value is -1.04. The summed E-state index contributed by atoms with van der Waals surface area (Å²) in [5.41, 5.74) is 2.83. The lowest BCUT2D eigenvalue weighted by molar-refractivity contribution is 0.717. The average molecular weight is 202 g/mol. The fourth-order valence-corrected chi connectivity index (χ4v) is 1.70. The summed E-state index contributed by atoms with van der Waals surface area (Å²) in [6.07, 6.45) is 7.16. The van der Waals surface area contributed by atoms with E-state index in [-0.39, 0.29) is 0 Å². The summed E-state index contributed by atoms with van der Waals surface area (Å²) >= 11 is 0. The third-order valence-electron chi connectivity index (χ3n) is 2.93. The molecule has 15 heavy (non-hydrogen) atoms. The van der Waals surface area contributed by atoms with Crippen LogP contribution in [0, 0.1) is 0 Å². The number of aryl methyl sites for hydroxylation is 1. The predicted molar refractivity (Wildman–Crippen MR) is 68.3 cm³/mol. The van der Waals surface area contributed by atoms with Gasteiger partial charge in [-0.25, -0.2) is 0 Å². The van der Waals surface area contributed by atoms with Crippen molar-refractivity contribution in [2.24, 2.45) is 0 Å². The van der Waals surface area contributed by atoms with Gasteiger partial charge in [0.15, 0.2) is 0 Å². The van der Waals surface area contributed by atoms with Crippen molar-refractivity contribution in [2.75, 3.05) is 0 Å². The number of allylic oxidation sites excluding steroid dienone is 1. The largest absolute Gasteiger partial charge is 0.102 e. The molecule has 0 saturated heterocycles. The van der Waals surface area contributed by atoms with E-state index in [9.17, 15) is 0 Å². The Kier molecular flexibility index (Phi) is 5.17. The summed E-state index contributed by atoms with van der Waals surface area (Å²) in [4.78, 5) is 0. The van der Waals surface area contributed by atoms with Crippen LogP contribution in [-0.4, -0.2) is 0 Å². The molecule has 0 radical (unpaired) electrons. The lowest BCUT2D eigenvalue weighted by Crippen LogP contribution is -1.90. The number of unbranched alkanes of at least 4 members (excludes halogenated alkanes) is 2. The Balaban J connectivity index is 2.52. The first-order chi connectivity index (χ1) is 7.27. The van der Waals surface area contributed by atoms with Gasteiger partial charge in [0.1, 0.15) is 0 Å². The standard InChI is InChI=1S/C15H22/c1-4-6-7-8-14-9-11-15(12-10-14)13(3)5-2/h5,9-13H,2,4,6-8H2,1,3H3. The third kappa shape index (κ3) is 3.91. The van der Waals surface area contributed by atoms with Crippen LogP contribution in [0.15, 0.2) is 36.9 Å². The monoisotopic (exact) mass is 202 g/mol. The number of benzene rings is 1. The molecule has 1 unspecified atom stereocenters. The molecule has 1 aromatic carbocycles. The number of hydrogen-bond acceptors (Lipinski definition) is 0. The van der Waals surface area contributed by atoms with Gasteiger partial charge < -0.3 is 0 Å². The molecule has 0 amide bonds. The molecule has 1 atom stereocenters. The van der Waals surface area contributed by atoms with Gasteiger partial charge >= 0.3 is 0 Å². The zero-order valence-corrected chi connectivity index (χ0v) is 10.00. The molecule has 0 aliphatic carbocycles. The summed E-state index contributed by atoms with van der Waals surface area (Å²) in [6, 6.07) is 8.97. The quantitative estimate of drug-likeness (QED) is 0.463. The van der Waals surface area contributed by atoms with E-state index >= 15 is 0 Å². The van der Waals surface area contributed by atoms with Crippen molar-refractivity contribution in [3.63, 3.8) is 0 Å². The summed E-state index contributed by atoms with van der Waals surface area (Å²) < 4.78 is 0. The highest BCUT2D eigenvalue weighted by molar-refractivity contribution is 5.27. The smallest absolute Gasteiger partial charge is 0.00131 e. The van der Waals surface area contributed by atoms with Crippen LogP contribution in [0.25, 0.3) is 0 Å². The summed E-state index contributed by atoms with van der Waals surface area (Å²) in [5, 5.41) is 0. The van der Waals surface area contributed by atoms with Crippen LogP contribution in [0.1, 0.15) is 50.2 Å². The fraction of sp³-hybridized carbons (Fsp3) is 0.467. The van der Waals surface area contributed by atoms with Crippen molar-refractivity contribution in [1.29, 1.82) is 0 Å².